The Morgan fingerprint density at radius 1 is 1.00 bits per heavy atom. The SMILES string of the molecule is Fc1ccccc1C=NN1CCN(Cc2ccccc2Cl)CC1.[Cl-]. The fraction of sp³-hybridized carbons (Fsp3) is 0.278. The van der Waals surface area contributed by atoms with Crippen molar-refractivity contribution in [2.45, 2.75) is 6.54 Å². The van der Waals surface area contributed by atoms with Crippen LogP contribution in [0.1, 0.15) is 11.1 Å². The van der Waals surface area contributed by atoms with Gasteiger partial charge in [0.05, 0.1) is 6.21 Å². The summed E-state index contributed by atoms with van der Waals surface area (Å²) in [5, 5.41) is 7.18. The van der Waals surface area contributed by atoms with Gasteiger partial charge in [0.1, 0.15) is 5.82 Å². The van der Waals surface area contributed by atoms with Gasteiger partial charge in [0.2, 0.25) is 0 Å². The minimum Gasteiger partial charge on any atom is -1.00 e. The van der Waals surface area contributed by atoms with E-state index in [9.17, 15) is 4.39 Å². The van der Waals surface area contributed by atoms with Gasteiger partial charge in [0, 0.05) is 43.3 Å². The normalized spacial score (nSPS) is 15.5. The topological polar surface area (TPSA) is 18.8 Å². The summed E-state index contributed by atoms with van der Waals surface area (Å²) in [4.78, 5) is 2.36. The summed E-state index contributed by atoms with van der Waals surface area (Å²) in [5.74, 6) is -0.242. The molecular weight excluding hydrogens is 348 g/mol. The predicted molar refractivity (Wildman–Crippen MR) is 92.3 cm³/mol. The van der Waals surface area contributed by atoms with Crippen LogP contribution in [0.3, 0.4) is 0 Å². The van der Waals surface area contributed by atoms with E-state index in [0.717, 1.165) is 43.3 Å². The molecule has 3 rings (SSSR count). The second-order valence-electron chi connectivity index (χ2n) is 5.59. The Bertz CT molecular complexity index is 685. The van der Waals surface area contributed by atoms with E-state index < -0.39 is 0 Å². The maximum Gasteiger partial charge on any atom is 0.132 e. The molecule has 1 aliphatic rings. The number of rotatable bonds is 4. The molecule has 0 aromatic heterocycles. The molecule has 128 valence electrons. The lowest BCUT2D eigenvalue weighted by molar-refractivity contribution is -0.00000514. The van der Waals surface area contributed by atoms with Crippen molar-refractivity contribution in [3.63, 3.8) is 0 Å². The fourth-order valence-corrected chi connectivity index (χ4v) is 2.80. The van der Waals surface area contributed by atoms with Gasteiger partial charge >= 0.3 is 0 Å². The molecule has 3 nitrogen and oxygen atoms in total. The van der Waals surface area contributed by atoms with Crippen molar-refractivity contribution in [1.29, 1.82) is 0 Å². The Morgan fingerprint density at radius 3 is 2.38 bits per heavy atom. The van der Waals surface area contributed by atoms with Crippen LogP contribution in [0, 0.1) is 5.82 Å². The molecule has 0 spiro atoms. The van der Waals surface area contributed by atoms with Gasteiger partial charge in [0.15, 0.2) is 0 Å². The van der Waals surface area contributed by atoms with E-state index in [1.165, 1.54) is 6.07 Å². The van der Waals surface area contributed by atoms with Crippen molar-refractivity contribution in [3.8, 4) is 0 Å². The lowest BCUT2D eigenvalue weighted by atomic mass is 10.2. The standard InChI is InChI=1S/C18H19ClFN3.ClH/c19-17-7-3-1-6-16(17)14-22-9-11-23(12-10-22)21-13-15-5-2-4-8-18(15)20;/h1-8,13H,9-12,14H2;1H/p-1. The summed E-state index contributed by atoms with van der Waals surface area (Å²) in [5.41, 5.74) is 1.67. The molecule has 0 unspecified atom stereocenters. The van der Waals surface area contributed by atoms with Crippen LogP contribution in [0.2, 0.25) is 5.02 Å². The summed E-state index contributed by atoms with van der Waals surface area (Å²) in [6.07, 6.45) is 1.60. The number of halogens is 3. The highest BCUT2D eigenvalue weighted by atomic mass is 35.5. The molecule has 0 radical (unpaired) electrons. The van der Waals surface area contributed by atoms with Gasteiger partial charge in [0.25, 0.3) is 0 Å². The molecular formula is C18H19Cl2FN3-. The third-order valence-electron chi connectivity index (χ3n) is 3.97. The van der Waals surface area contributed by atoms with E-state index in [1.807, 2.05) is 29.3 Å². The van der Waals surface area contributed by atoms with Crippen molar-refractivity contribution < 1.29 is 16.8 Å². The quantitative estimate of drug-likeness (QED) is 0.739. The average molecular weight is 367 g/mol. The Labute approximate surface area is 153 Å². The van der Waals surface area contributed by atoms with Crippen LogP contribution in [0.4, 0.5) is 4.39 Å². The van der Waals surface area contributed by atoms with Crippen LogP contribution >= 0.6 is 11.6 Å². The summed E-state index contributed by atoms with van der Waals surface area (Å²) >= 11 is 6.21. The highest BCUT2D eigenvalue weighted by Gasteiger charge is 2.16. The second kappa shape index (κ2) is 9.02. The van der Waals surface area contributed by atoms with Crippen molar-refractivity contribution in [1.82, 2.24) is 9.91 Å². The summed E-state index contributed by atoms with van der Waals surface area (Å²) in [7, 11) is 0. The molecule has 1 saturated heterocycles. The van der Waals surface area contributed by atoms with Crippen molar-refractivity contribution in [2.24, 2.45) is 5.10 Å². The number of piperazine rings is 1. The maximum absolute atomic E-state index is 13.6. The van der Waals surface area contributed by atoms with E-state index in [0.29, 0.717) is 5.56 Å². The van der Waals surface area contributed by atoms with Crippen LogP contribution in [0.5, 0.6) is 0 Å². The van der Waals surface area contributed by atoms with Gasteiger partial charge in [-0.05, 0) is 17.7 Å². The van der Waals surface area contributed by atoms with E-state index in [1.54, 1.807) is 18.3 Å². The molecule has 0 bridgehead atoms. The van der Waals surface area contributed by atoms with Crippen LogP contribution in [0.25, 0.3) is 0 Å². The summed E-state index contributed by atoms with van der Waals surface area (Å²) in [6, 6.07) is 14.6. The van der Waals surface area contributed by atoms with Crippen molar-refractivity contribution in [3.05, 3.63) is 70.5 Å². The molecule has 1 heterocycles. The lowest BCUT2D eigenvalue weighted by Gasteiger charge is -2.33. The molecule has 6 heteroatoms. The van der Waals surface area contributed by atoms with Gasteiger partial charge in [-0.15, -0.1) is 0 Å². The van der Waals surface area contributed by atoms with Gasteiger partial charge < -0.3 is 12.4 Å². The van der Waals surface area contributed by atoms with E-state index in [-0.39, 0.29) is 18.2 Å². The zero-order chi connectivity index (χ0) is 16.1. The summed E-state index contributed by atoms with van der Waals surface area (Å²) < 4.78 is 13.6. The smallest absolute Gasteiger partial charge is 0.132 e. The van der Waals surface area contributed by atoms with Crippen LogP contribution in [-0.2, 0) is 6.54 Å². The number of nitrogens with zero attached hydrogens (tertiary/aromatic N) is 3. The first-order chi connectivity index (χ1) is 11.2. The number of benzene rings is 2. The van der Waals surface area contributed by atoms with Gasteiger partial charge in [-0.3, -0.25) is 9.91 Å². The Balaban J connectivity index is 0.00000208. The van der Waals surface area contributed by atoms with Gasteiger partial charge in [-0.2, -0.15) is 5.10 Å². The minimum absolute atomic E-state index is 0. The molecule has 1 fully saturated rings. The van der Waals surface area contributed by atoms with Gasteiger partial charge in [-0.25, -0.2) is 4.39 Å². The molecule has 1 aliphatic heterocycles. The maximum atomic E-state index is 13.6. The largest absolute Gasteiger partial charge is 1.00 e. The molecule has 0 aliphatic carbocycles. The molecule has 0 atom stereocenters. The highest BCUT2D eigenvalue weighted by molar-refractivity contribution is 6.31. The molecule has 2 aromatic carbocycles. The lowest BCUT2D eigenvalue weighted by Crippen LogP contribution is -3.00. The first-order valence-electron chi connectivity index (χ1n) is 7.71. The average Bonchev–Trinajstić information content (AvgIpc) is 2.57. The molecule has 0 saturated carbocycles. The predicted octanol–water partition coefficient (Wildman–Crippen LogP) is 0.635. The second-order valence-corrected chi connectivity index (χ2v) is 5.99. The molecule has 24 heavy (non-hydrogen) atoms. The third kappa shape index (κ3) is 4.94. The number of hydrogen-bond acceptors (Lipinski definition) is 3. The first-order valence-corrected chi connectivity index (χ1v) is 8.09. The molecule has 0 amide bonds. The minimum atomic E-state index is -0.242. The summed E-state index contributed by atoms with van der Waals surface area (Å²) in [6.45, 7) is 4.34. The van der Waals surface area contributed by atoms with Crippen molar-refractivity contribution >= 4 is 17.8 Å². The van der Waals surface area contributed by atoms with Crippen LogP contribution in [0.15, 0.2) is 53.6 Å². The molecule has 2 aromatic rings. The fourth-order valence-electron chi connectivity index (χ4n) is 2.60. The Kier molecular flexibility index (Phi) is 7.03. The van der Waals surface area contributed by atoms with E-state index >= 15 is 0 Å². The van der Waals surface area contributed by atoms with Crippen LogP contribution in [-0.4, -0.2) is 42.3 Å². The monoisotopic (exact) mass is 366 g/mol. The zero-order valence-electron chi connectivity index (χ0n) is 13.2. The Morgan fingerprint density at radius 2 is 1.67 bits per heavy atom. The molecule has 0 N–H and O–H groups in total. The Hall–Kier alpha value is -1.62. The van der Waals surface area contributed by atoms with E-state index in [4.69, 9.17) is 11.6 Å². The third-order valence-corrected chi connectivity index (χ3v) is 4.33. The van der Waals surface area contributed by atoms with Gasteiger partial charge in [-0.1, -0.05) is 48.0 Å². The number of hydrazone groups is 1. The zero-order valence-corrected chi connectivity index (χ0v) is 14.7. The number of hydrogen-bond donors (Lipinski definition) is 0. The van der Waals surface area contributed by atoms with Crippen LogP contribution < -0.4 is 12.4 Å². The van der Waals surface area contributed by atoms with Crippen molar-refractivity contribution in [2.75, 3.05) is 26.2 Å². The first kappa shape index (κ1) is 18.7. The van der Waals surface area contributed by atoms with E-state index in [2.05, 4.69) is 16.1 Å². The highest BCUT2D eigenvalue weighted by Crippen LogP contribution is 2.18.